The lowest BCUT2D eigenvalue weighted by Crippen LogP contribution is -1.88. The highest BCUT2D eigenvalue weighted by atomic mass is 35.5. The summed E-state index contributed by atoms with van der Waals surface area (Å²) in [5, 5.41) is 0.373. The van der Waals surface area contributed by atoms with Crippen LogP contribution in [-0.4, -0.2) is 12.6 Å². The third kappa shape index (κ3) is 2.45. The van der Waals surface area contributed by atoms with Gasteiger partial charge in [0.2, 0.25) is 0 Å². The summed E-state index contributed by atoms with van der Waals surface area (Å²) < 4.78 is 0. The Bertz CT molecular complexity index is 413. The van der Waals surface area contributed by atoms with Crippen LogP contribution in [0.1, 0.15) is 22.3 Å². The van der Waals surface area contributed by atoms with Crippen LogP contribution < -0.4 is 0 Å². The molecule has 0 aliphatic rings. The standard InChI is InChI=1S/C11H7ClO2/c12-11-6-3-5-9(10(11)8-14)4-1-2-7-13/h3,5-8H,2H2. The van der Waals surface area contributed by atoms with E-state index in [-0.39, 0.29) is 6.42 Å². The molecular weight excluding hydrogens is 200 g/mol. The van der Waals surface area contributed by atoms with Gasteiger partial charge in [-0.15, -0.1) is 0 Å². The Labute approximate surface area is 86.9 Å². The SMILES string of the molecule is O=CCC#Cc1cccc(Cl)c1C=O. The molecule has 3 heteroatoms. The maximum atomic E-state index is 10.7. The molecule has 0 spiro atoms. The van der Waals surface area contributed by atoms with E-state index in [0.717, 1.165) is 0 Å². The largest absolute Gasteiger partial charge is 0.302 e. The van der Waals surface area contributed by atoms with Gasteiger partial charge in [0, 0.05) is 11.1 Å². The van der Waals surface area contributed by atoms with Gasteiger partial charge < -0.3 is 4.79 Å². The molecule has 14 heavy (non-hydrogen) atoms. The van der Waals surface area contributed by atoms with Crippen molar-refractivity contribution >= 4 is 24.2 Å². The maximum absolute atomic E-state index is 10.7. The molecule has 0 fully saturated rings. The minimum absolute atomic E-state index is 0.158. The van der Waals surface area contributed by atoms with Gasteiger partial charge >= 0.3 is 0 Å². The number of aldehydes is 2. The Kier molecular flexibility index (Phi) is 3.90. The number of carbonyl (C=O) groups is 2. The van der Waals surface area contributed by atoms with Crippen LogP contribution in [0.5, 0.6) is 0 Å². The van der Waals surface area contributed by atoms with Gasteiger partial charge in [-0.1, -0.05) is 29.5 Å². The van der Waals surface area contributed by atoms with Gasteiger partial charge in [-0.2, -0.15) is 0 Å². The number of hydrogen-bond donors (Lipinski definition) is 0. The van der Waals surface area contributed by atoms with E-state index in [2.05, 4.69) is 11.8 Å². The van der Waals surface area contributed by atoms with Crippen molar-refractivity contribution in [2.75, 3.05) is 0 Å². The van der Waals surface area contributed by atoms with Crippen LogP contribution in [0.15, 0.2) is 18.2 Å². The summed E-state index contributed by atoms with van der Waals surface area (Å²) in [7, 11) is 0. The zero-order valence-corrected chi connectivity index (χ0v) is 8.04. The van der Waals surface area contributed by atoms with Crippen LogP contribution in [0.4, 0.5) is 0 Å². The molecular formula is C11H7ClO2. The maximum Gasteiger partial charge on any atom is 0.152 e. The van der Waals surface area contributed by atoms with Crippen LogP contribution in [0, 0.1) is 11.8 Å². The van der Waals surface area contributed by atoms with Gasteiger partial charge in [0.05, 0.1) is 11.4 Å². The molecule has 0 heterocycles. The molecule has 1 rings (SSSR count). The first-order chi connectivity index (χ1) is 6.79. The molecule has 0 N–H and O–H groups in total. The van der Waals surface area contributed by atoms with Crippen molar-refractivity contribution in [3.8, 4) is 11.8 Å². The van der Waals surface area contributed by atoms with E-state index in [1.165, 1.54) is 0 Å². The predicted molar refractivity (Wildman–Crippen MR) is 54.4 cm³/mol. The molecule has 0 aliphatic carbocycles. The fraction of sp³-hybridized carbons (Fsp3) is 0.0909. The second-order valence-corrected chi connectivity index (χ2v) is 2.90. The van der Waals surface area contributed by atoms with Crippen molar-refractivity contribution in [2.45, 2.75) is 6.42 Å². The summed E-state index contributed by atoms with van der Waals surface area (Å²) in [6, 6.07) is 5.02. The lowest BCUT2D eigenvalue weighted by atomic mass is 10.1. The molecule has 0 aliphatic heterocycles. The molecule has 0 unspecified atom stereocenters. The predicted octanol–water partition coefficient (Wildman–Crippen LogP) is 2.09. The van der Waals surface area contributed by atoms with E-state index in [9.17, 15) is 9.59 Å². The summed E-state index contributed by atoms with van der Waals surface area (Å²) >= 11 is 5.77. The molecule has 0 aromatic heterocycles. The number of halogens is 1. The van der Waals surface area contributed by atoms with Crippen molar-refractivity contribution in [1.29, 1.82) is 0 Å². The van der Waals surface area contributed by atoms with Crippen molar-refractivity contribution in [3.05, 3.63) is 34.3 Å². The molecule has 0 atom stereocenters. The molecule has 0 amide bonds. The lowest BCUT2D eigenvalue weighted by molar-refractivity contribution is -0.107. The summed E-state index contributed by atoms with van der Waals surface area (Å²) in [5.74, 6) is 5.33. The Hall–Kier alpha value is -1.59. The molecule has 0 saturated heterocycles. The highest BCUT2D eigenvalue weighted by Crippen LogP contribution is 2.16. The van der Waals surface area contributed by atoms with E-state index < -0.39 is 0 Å². The van der Waals surface area contributed by atoms with Crippen molar-refractivity contribution in [3.63, 3.8) is 0 Å². The second kappa shape index (κ2) is 5.21. The van der Waals surface area contributed by atoms with Crippen molar-refractivity contribution < 1.29 is 9.59 Å². The van der Waals surface area contributed by atoms with Crippen molar-refractivity contribution in [1.82, 2.24) is 0 Å². The first-order valence-electron chi connectivity index (χ1n) is 3.95. The summed E-state index contributed by atoms with van der Waals surface area (Å²) in [6.07, 6.45) is 1.52. The fourth-order valence-corrected chi connectivity index (χ4v) is 1.17. The van der Waals surface area contributed by atoms with Gasteiger partial charge in [0.25, 0.3) is 0 Å². The first-order valence-corrected chi connectivity index (χ1v) is 4.33. The van der Waals surface area contributed by atoms with Gasteiger partial charge in [-0.05, 0) is 12.1 Å². The summed E-state index contributed by atoms with van der Waals surface area (Å²) in [4.78, 5) is 20.7. The smallest absolute Gasteiger partial charge is 0.152 e. The third-order valence-corrected chi connectivity index (χ3v) is 1.91. The highest BCUT2D eigenvalue weighted by molar-refractivity contribution is 6.33. The van der Waals surface area contributed by atoms with Crippen molar-refractivity contribution in [2.24, 2.45) is 0 Å². The first kappa shape index (κ1) is 10.5. The molecule has 0 bridgehead atoms. The van der Waals surface area contributed by atoms with E-state index in [4.69, 9.17) is 11.6 Å². The van der Waals surface area contributed by atoms with Crippen LogP contribution in [0.2, 0.25) is 5.02 Å². The average molecular weight is 207 g/mol. The third-order valence-electron chi connectivity index (χ3n) is 1.58. The molecule has 0 radical (unpaired) electrons. The van der Waals surface area contributed by atoms with Gasteiger partial charge in [0.15, 0.2) is 6.29 Å². The summed E-state index contributed by atoms with van der Waals surface area (Å²) in [5.41, 5.74) is 0.918. The van der Waals surface area contributed by atoms with Crippen LogP contribution in [0.3, 0.4) is 0 Å². The van der Waals surface area contributed by atoms with Gasteiger partial charge in [0.1, 0.15) is 6.29 Å². The van der Waals surface area contributed by atoms with Crippen LogP contribution >= 0.6 is 11.6 Å². The molecule has 0 saturated carbocycles. The lowest BCUT2D eigenvalue weighted by Gasteiger charge is -1.97. The highest BCUT2D eigenvalue weighted by Gasteiger charge is 2.02. The van der Waals surface area contributed by atoms with Gasteiger partial charge in [-0.3, -0.25) is 4.79 Å². The molecule has 70 valence electrons. The number of hydrogen-bond acceptors (Lipinski definition) is 2. The number of rotatable bonds is 2. The molecule has 1 aromatic rings. The normalized spacial score (nSPS) is 8.64. The topological polar surface area (TPSA) is 34.1 Å². The van der Waals surface area contributed by atoms with E-state index >= 15 is 0 Å². The number of benzene rings is 1. The van der Waals surface area contributed by atoms with Crippen LogP contribution in [0.25, 0.3) is 0 Å². The molecule has 1 aromatic carbocycles. The fourth-order valence-electron chi connectivity index (χ4n) is 0.954. The second-order valence-electron chi connectivity index (χ2n) is 2.49. The minimum Gasteiger partial charge on any atom is -0.302 e. The zero-order chi connectivity index (χ0) is 10.4. The monoisotopic (exact) mass is 206 g/mol. The quantitative estimate of drug-likeness (QED) is 0.549. The Morgan fingerprint density at radius 2 is 2.14 bits per heavy atom. The number of carbonyl (C=O) groups excluding carboxylic acids is 2. The Morgan fingerprint density at radius 1 is 1.36 bits per heavy atom. The Morgan fingerprint density at radius 3 is 2.79 bits per heavy atom. The minimum atomic E-state index is 0.158. The summed E-state index contributed by atoms with van der Waals surface area (Å²) in [6.45, 7) is 0. The van der Waals surface area contributed by atoms with E-state index in [1.54, 1.807) is 18.2 Å². The zero-order valence-electron chi connectivity index (χ0n) is 7.29. The van der Waals surface area contributed by atoms with E-state index in [1.807, 2.05) is 0 Å². The van der Waals surface area contributed by atoms with E-state index in [0.29, 0.717) is 28.7 Å². The van der Waals surface area contributed by atoms with Gasteiger partial charge in [-0.25, -0.2) is 0 Å². The average Bonchev–Trinajstić information content (AvgIpc) is 2.18. The Balaban J connectivity index is 3.09. The van der Waals surface area contributed by atoms with Crippen LogP contribution in [-0.2, 0) is 4.79 Å². The molecule has 2 nitrogen and oxygen atoms in total.